The van der Waals surface area contributed by atoms with E-state index in [1.54, 1.807) is 17.8 Å². The molecule has 124 valence electrons. The first-order valence-electron chi connectivity index (χ1n) is 8.14. The molecular formula is C20H18N4S. The van der Waals surface area contributed by atoms with E-state index in [0.29, 0.717) is 6.54 Å². The average Bonchev–Trinajstić information content (AvgIpc) is 3.11. The SMILES string of the molecule is C=CCN=C1NN=C(c2c[nH]c3ccccc23)C(c2ccccc2)S1. The minimum absolute atomic E-state index is 0.0882. The highest BCUT2D eigenvalue weighted by Crippen LogP contribution is 2.37. The van der Waals surface area contributed by atoms with Gasteiger partial charge in [0.25, 0.3) is 0 Å². The molecule has 0 bridgehead atoms. The maximum absolute atomic E-state index is 4.67. The van der Waals surface area contributed by atoms with Gasteiger partial charge in [0, 0.05) is 22.7 Å². The molecule has 0 radical (unpaired) electrons. The number of hydrogen-bond donors (Lipinski definition) is 2. The van der Waals surface area contributed by atoms with Crippen molar-refractivity contribution in [2.45, 2.75) is 5.25 Å². The molecule has 0 amide bonds. The summed E-state index contributed by atoms with van der Waals surface area (Å²) in [5.74, 6) is 0. The van der Waals surface area contributed by atoms with Crippen LogP contribution in [0.2, 0.25) is 0 Å². The summed E-state index contributed by atoms with van der Waals surface area (Å²) in [7, 11) is 0. The summed E-state index contributed by atoms with van der Waals surface area (Å²) in [6.45, 7) is 4.31. The Kier molecular flexibility index (Phi) is 4.39. The fraction of sp³-hybridized carbons (Fsp3) is 0.100. The molecule has 2 N–H and O–H groups in total. The van der Waals surface area contributed by atoms with Crippen molar-refractivity contribution in [3.8, 4) is 0 Å². The lowest BCUT2D eigenvalue weighted by molar-refractivity contribution is 0.999. The largest absolute Gasteiger partial charge is 0.360 e. The zero-order valence-corrected chi connectivity index (χ0v) is 14.5. The lowest BCUT2D eigenvalue weighted by Gasteiger charge is -2.24. The van der Waals surface area contributed by atoms with Crippen molar-refractivity contribution in [2.75, 3.05) is 6.54 Å². The summed E-state index contributed by atoms with van der Waals surface area (Å²) in [5.41, 5.74) is 7.55. The number of hydrogen-bond acceptors (Lipinski definition) is 3. The minimum atomic E-state index is 0.0882. The first-order chi connectivity index (χ1) is 12.4. The molecule has 0 fully saturated rings. The van der Waals surface area contributed by atoms with E-state index in [-0.39, 0.29) is 5.25 Å². The maximum Gasteiger partial charge on any atom is 0.178 e. The predicted octanol–water partition coefficient (Wildman–Crippen LogP) is 4.49. The highest BCUT2D eigenvalue weighted by molar-refractivity contribution is 8.14. The molecule has 0 saturated heterocycles. The van der Waals surface area contributed by atoms with Crippen molar-refractivity contribution < 1.29 is 0 Å². The number of aromatic amines is 1. The van der Waals surface area contributed by atoms with Crippen molar-refractivity contribution >= 4 is 33.5 Å². The highest BCUT2D eigenvalue weighted by Gasteiger charge is 2.28. The molecule has 4 nitrogen and oxygen atoms in total. The number of para-hydroxylation sites is 1. The molecule has 4 rings (SSSR count). The van der Waals surface area contributed by atoms with Crippen LogP contribution in [0.3, 0.4) is 0 Å². The van der Waals surface area contributed by atoms with Crippen LogP contribution in [0.5, 0.6) is 0 Å². The molecule has 0 saturated carbocycles. The summed E-state index contributed by atoms with van der Waals surface area (Å²) in [6, 6.07) is 18.7. The van der Waals surface area contributed by atoms with Gasteiger partial charge in [-0.2, -0.15) is 5.10 Å². The molecule has 0 spiro atoms. The third-order valence-corrected chi connectivity index (χ3v) is 5.26. The highest BCUT2D eigenvalue weighted by atomic mass is 32.2. The number of H-pyrrole nitrogens is 1. The Morgan fingerprint density at radius 3 is 2.76 bits per heavy atom. The van der Waals surface area contributed by atoms with E-state index in [9.17, 15) is 0 Å². The lowest BCUT2D eigenvalue weighted by Crippen LogP contribution is -2.28. The van der Waals surface area contributed by atoms with Gasteiger partial charge >= 0.3 is 0 Å². The Labute approximate surface area is 150 Å². The van der Waals surface area contributed by atoms with Crippen molar-refractivity contribution in [3.63, 3.8) is 0 Å². The monoisotopic (exact) mass is 346 g/mol. The number of rotatable bonds is 4. The van der Waals surface area contributed by atoms with Crippen LogP contribution in [-0.2, 0) is 0 Å². The van der Waals surface area contributed by atoms with E-state index in [0.717, 1.165) is 22.0 Å². The zero-order valence-electron chi connectivity index (χ0n) is 13.6. The van der Waals surface area contributed by atoms with Crippen LogP contribution in [0, 0.1) is 0 Å². The van der Waals surface area contributed by atoms with Crippen molar-refractivity contribution in [2.24, 2.45) is 10.1 Å². The first-order valence-corrected chi connectivity index (χ1v) is 9.02. The molecule has 0 aliphatic carbocycles. The molecular weight excluding hydrogens is 328 g/mol. The lowest BCUT2D eigenvalue weighted by atomic mass is 10.0. The van der Waals surface area contributed by atoms with Crippen LogP contribution in [0.1, 0.15) is 16.4 Å². The molecule has 5 heteroatoms. The van der Waals surface area contributed by atoms with Gasteiger partial charge in [0.05, 0.1) is 17.5 Å². The van der Waals surface area contributed by atoms with Gasteiger partial charge in [0.15, 0.2) is 5.17 Å². The second kappa shape index (κ2) is 6.99. The fourth-order valence-electron chi connectivity index (χ4n) is 2.92. The topological polar surface area (TPSA) is 52.5 Å². The Hall–Kier alpha value is -2.79. The smallest absolute Gasteiger partial charge is 0.178 e. The van der Waals surface area contributed by atoms with Crippen LogP contribution in [0.15, 0.2) is 83.5 Å². The molecule has 2 aromatic carbocycles. The van der Waals surface area contributed by atoms with E-state index in [1.165, 1.54) is 10.9 Å². The van der Waals surface area contributed by atoms with E-state index >= 15 is 0 Å². The summed E-state index contributed by atoms with van der Waals surface area (Å²) in [4.78, 5) is 7.83. The molecule has 1 unspecified atom stereocenters. The van der Waals surface area contributed by atoms with Crippen molar-refractivity contribution in [1.29, 1.82) is 0 Å². The molecule has 1 aliphatic heterocycles. The first kappa shape index (κ1) is 15.7. The summed E-state index contributed by atoms with van der Waals surface area (Å²) in [6.07, 6.45) is 3.82. The van der Waals surface area contributed by atoms with Crippen LogP contribution in [0.4, 0.5) is 0 Å². The maximum atomic E-state index is 4.67. The second-order valence-electron chi connectivity index (χ2n) is 5.70. The minimum Gasteiger partial charge on any atom is -0.360 e. The van der Waals surface area contributed by atoms with Crippen LogP contribution in [0.25, 0.3) is 10.9 Å². The molecule has 2 heterocycles. The van der Waals surface area contributed by atoms with E-state index in [4.69, 9.17) is 0 Å². The summed E-state index contributed by atoms with van der Waals surface area (Å²) in [5, 5.41) is 6.76. The number of amidine groups is 1. The standard InChI is InChI=1S/C20H18N4S/c1-2-12-21-20-24-23-18(19(25-20)14-8-4-3-5-9-14)16-13-22-17-11-7-6-10-15(16)17/h2-11,13,19,22H,1,12H2,(H,21,24). The van der Waals surface area contributed by atoms with Gasteiger partial charge in [0.1, 0.15) is 0 Å². The van der Waals surface area contributed by atoms with Gasteiger partial charge in [-0.3, -0.25) is 10.4 Å². The predicted molar refractivity (Wildman–Crippen MR) is 107 cm³/mol. The van der Waals surface area contributed by atoms with Gasteiger partial charge < -0.3 is 4.98 Å². The molecule has 25 heavy (non-hydrogen) atoms. The Balaban J connectivity index is 1.80. The molecule has 1 aliphatic rings. The second-order valence-corrected chi connectivity index (χ2v) is 6.79. The molecule has 3 aromatic rings. The van der Waals surface area contributed by atoms with Gasteiger partial charge in [-0.05, 0) is 11.6 Å². The van der Waals surface area contributed by atoms with E-state index in [1.807, 2.05) is 18.3 Å². The quantitative estimate of drug-likeness (QED) is 0.684. The average molecular weight is 346 g/mol. The number of thioether (sulfide) groups is 1. The van der Waals surface area contributed by atoms with Crippen LogP contribution >= 0.6 is 11.8 Å². The molecule has 1 atom stereocenters. The van der Waals surface area contributed by atoms with Crippen molar-refractivity contribution in [1.82, 2.24) is 10.4 Å². The molecule has 1 aromatic heterocycles. The normalized spacial score (nSPS) is 18.8. The zero-order chi connectivity index (χ0) is 17.1. The van der Waals surface area contributed by atoms with Gasteiger partial charge in [0.2, 0.25) is 0 Å². The Morgan fingerprint density at radius 2 is 1.92 bits per heavy atom. The fourth-order valence-corrected chi connectivity index (χ4v) is 3.97. The van der Waals surface area contributed by atoms with Gasteiger partial charge in [-0.15, -0.1) is 6.58 Å². The number of benzene rings is 2. The summed E-state index contributed by atoms with van der Waals surface area (Å²) < 4.78 is 0. The van der Waals surface area contributed by atoms with Crippen LogP contribution < -0.4 is 5.43 Å². The summed E-state index contributed by atoms with van der Waals surface area (Å²) >= 11 is 1.69. The van der Waals surface area contributed by atoms with Crippen LogP contribution in [-0.4, -0.2) is 22.4 Å². The third-order valence-electron chi connectivity index (χ3n) is 4.08. The number of nitrogens with one attached hydrogen (secondary N) is 2. The van der Waals surface area contributed by atoms with E-state index < -0.39 is 0 Å². The number of aliphatic imine (C=N–C) groups is 1. The van der Waals surface area contributed by atoms with Crippen molar-refractivity contribution in [3.05, 3.63) is 84.6 Å². The Morgan fingerprint density at radius 1 is 1.12 bits per heavy atom. The van der Waals surface area contributed by atoms with E-state index in [2.05, 4.69) is 69.5 Å². The number of aromatic nitrogens is 1. The Bertz CT molecular complexity index is 956. The number of fused-ring (bicyclic) bond motifs is 1. The third kappa shape index (κ3) is 3.10. The number of hydrazone groups is 1. The van der Waals surface area contributed by atoms with Gasteiger partial charge in [-0.25, -0.2) is 0 Å². The number of nitrogens with zero attached hydrogens (tertiary/aromatic N) is 2. The van der Waals surface area contributed by atoms with Gasteiger partial charge in [-0.1, -0.05) is 66.4 Å².